The molecule has 1 amide bonds. The molecule has 2 heterocycles. The third-order valence-electron chi connectivity index (χ3n) is 6.82. The minimum Gasteiger partial charge on any atom is -0.485 e. The summed E-state index contributed by atoms with van der Waals surface area (Å²) in [5.74, 6) is 0.852. The Labute approximate surface area is 191 Å². The van der Waals surface area contributed by atoms with Crippen molar-refractivity contribution in [2.45, 2.75) is 64.0 Å². The lowest BCUT2D eigenvalue weighted by atomic mass is 9.86. The molecule has 0 N–H and O–H groups in total. The zero-order chi connectivity index (χ0) is 22.8. The number of amides is 1. The smallest absolute Gasteiger partial charge is 0.236 e. The van der Waals surface area contributed by atoms with E-state index in [9.17, 15) is 4.79 Å². The molecule has 0 bridgehead atoms. The van der Waals surface area contributed by atoms with Crippen LogP contribution in [-0.4, -0.2) is 36.0 Å². The molecule has 2 aromatic rings. The van der Waals surface area contributed by atoms with Crippen molar-refractivity contribution in [2.24, 2.45) is 0 Å². The van der Waals surface area contributed by atoms with Gasteiger partial charge < -0.3 is 14.5 Å². The minimum atomic E-state index is -0.260. The Morgan fingerprint density at radius 3 is 2.34 bits per heavy atom. The Morgan fingerprint density at radius 2 is 1.69 bits per heavy atom. The lowest BCUT2D eigenvalue weighted by Gasteiger charge is -2.41. The normalized spacial score (nSPS) is 17.8. The number of rotatable bonds is 3. The summed E-state index contributed by atoms with van der Waals surface area (Å²) in [6.07, 6.45) is 2.47. The molecule has 5 nitrogen and oxygen atoms in total. The molecule has 2 aliphatic rings. The summed E-state index contributed by atoms with van der Waals surface area (Å²) in [5, 5.41) is 8.83. The molecule has 0 saturated carbocycles. The molecule has 1 spiro atoms. The summed E-state index contributed by atoms with van der Waals surface area (Å²) < 4.78 is 6.66. The van der Waals surface area contributed by atoms with Gasteiger partial charge in [-0.25, -0.2) is 0 Å². The Kier molecular flexibility index (Phi) is 6.15. The lowest BCUT2D eigenvalue weighted by molar-refractivity contribution is -0.133. The van der Waals surface area contributed by atoms with Gasteiger partial charge in [-0.3, -0.25) is 4.79 Å². The third kappa shape index (κ3) is 4.75. The number of piperidine rings is 1. The number of ether oxygens (including phenoxy) is 1. The zero-order valence-electron chi connectivity index (χ0n) is 19.4. The van der Waals surface area contributed by atoms with Crippen LogP contribution in [0.3, 0.4) is 0 Å². The summed E-state index contributed by atoms with van der Waals surface area (Å²) >= 11 is 0. The van der Waals surface area contributed by atoms with Crippen molar-refractivity contribution >= 4 is 11.6 Å². The molecule has 5 heteroatoms. The van der Waals surface area contributed by atoms with Gasteiger partial charge in [0, 0.05) is 45.4 Å². The van der Waals surface area contributed by atoms with E-state index < -0.39 is 0 Å². The van der Waals surface area contributed by atoms with Gasteiger partial charge in [0.1, 0.15) is 17.8 Å². The predicted molar refractivity (Wildman–Crippen MR) is 127 cm³/mol. The number of carbonyl (C=O) groups excluding carboxylic acids is 1. The summed E-state index contributed by atoms with van der Waals surface area (Å²) in [6, 6.07) is 19.2. The maximum Gasteiger partial charge on any atom is 0.236 e. The van der Waals surface area contributed by atoms with Gasteiger partial charge >= 0.3 is 0 Å². The standard InChI is InChI=1S/C27H33N3O2/c1-26(2,3)22-10-8-21(9-11-22)20-30-19-15-27(32-24-7-5-4-6-23(24)30)13-17-29(18-14-27)25(31)12-16-28/h4-11H,12-15,17-20H2,1-3H3. The highest BCUT2D eigenvalue weighted by atomic mass is 16.5. The van der Waals surface area contributed by atoms with Crippen molar-refractivity contribution in [3.8, 4) is 11.8 Å². The Hall–Kier alpha value is -3.00. The SMILES string of the molecule is CC(C)(C)c1ccc(CN2CCC3(CCN(C(=O)CC#N)CC3)Oc3ccccc32)cc1. The summed E-state index contributed by atoms with van der Waals surface area (Å²) in [7, 11) is 0. The van der Waals surface area contributed by atoms with Gasteiger partial charge in [0.2, 0.25) is 5.91 Å². The summed E-state index contributed by atoms with van der Waals surface area (Å²) in [6.45, 7) is 9.76. The van der Waals surface area contributed by atoms with E-state index in [1.54, 1.807) is 0 Å². The number of nitrogens with zero attached hydrogens (tertiary/aromatic N) is 3. The molecular weight excluding hydrogens is 398 g/mol. The van der Waals surface area contributed by atoms with Gasteiger partial charge in [0.25, 0.3) is 0 Å². The van der Waals surface area contributed by atoms with Gasteiger partial charge in [-0.15, -0.1) is 0 Å². The molecule has 0 radical (unpaired) electrons. The fourth-order valence-corrected chi connectivity index (χ4v) is 4.74. The number of likely N-dealkylation sites (tertiary alicyclic amines) is 1. The third-order valence-corrected chi connectivity index (χ3v) is 6.82. The molecule has 0 aromatic heterocycles. The quantitative estimate of drug-likeness (QED) is 0.683. The number of nitriles is 1. The van der Waals surface area contributed by atoms with E-state index in [1.807, 2.05) is 17.0 Å². The number of anilines is 1. The van der Waals surface area contributed by atoms with Gasteiger partial charge in [-0.05, 0) is 28.7 Å². The van der Waals surface area contributed by atoms with E-state index in [4.69, 9.17) is 10.00 Å². The average molecular weight is 432 g/mol. The largest absolute Gasteiger partial charge is 0.485 e. The topological polar surface area (TPSA) is 56.6 Å². The van der Waals surface area contributed by atoms with Crippen LogP contribution in [0.5, 0.6) is 5.75 Å². The molecule has 1 fully saturated rings. The Bertz CT molecular complexity index is 993. The first-order valence-electron chi connectivity index (χ1n) is 11.6. The second kappa shape index (κ2) is 8.86. The Morgan fingerprint density at radius 1 is 1.03 bits per heavy atom. The number of fused-ring (bicyclic) bond motifs is 1. The molecule has 2 aromatic carbocycles. The van der Waals surface area contributed by atoms with Crippen LogP contribution >= 0.6 is 0 Å². The van der Waals surface area contributed by atoms with Gasteiger partial charge in [-0.1, -0.05) is 57.2 Å². The number of para-hydroxylation sites is 2. The molecule has 168 valence electrons. The van der Waals surface area contributed by atoms with Crippen LogP contribution in [-0.2, 0) is 16.8 Å². The van der Waals surface area contributed by atoms with E-state index in [2.05, 4.69) is 68.1 Å². The molecule has 2 aliphatic heterocycles. The minimum absolute atomic E-state index is 0.0432. The molecule has 0 aliphatic carbocycles. The van der Waals surface area contributed by atoms with Crippen molar-refractivity contribution in [3.05, 3.63) is 59.7 Å². The van der Waals surface area contributed by atoms with Crippen molar-refractivity contribution in [2.75, 3.05) is 24.5 Å². The lowest BCUT2D eigenvalue weighted by Crippen LogP contribution is -2.50. The molecule has 32 heavy (non-hydrogen) atoms. The summed E-state index contributed by atoms with van der Waals surface area (Å²) in [4.78, 5) is 16.4. The zero-order valence-corrected chi connectivity index (χ0v) is 19.4. The molecule has 1 saturated heterocycles. The second-order valence-electron chi connectivity index (χ2n) is 10.1. The van der Waals surface area contributed by atoms with E-state index >= 15 is 0 Å². The van der Waals surface area contributed by atoms with E-state index in [1.165, 1.54) is 11.1 Å². The molecule has 0 unspecified atom stereocenters. The summed E-state index contributed by atoms with van der Waals surface area (Å²) in [5.41, 5.74) is 3.66. The number of carbonyl (C=O) groups is 1. The van der Waals surface area contributed by atoms with Crippen molar-refractivity contribution in [1.29, 1.82) is 5.26 Å². The van der Waals surface area contributed by atoms with Crippen LogP contribution in [0.25, 0.3) is 0 Å². The maximum absolute atomic E-state index is 12.1. The Balaban J connectivity index is 1.51. The van der Waals surface area contributed by atoms with E-state index in [0.717, 1.165) is 43.8 Å². The molecule has 4 rings (SSSR count). The number of benzene rings is 2. The number of hydrogen-bond donors (Lipinski definition) is 0. The highest BCUT2D eigenvalue weighted by Crippen LogP contribution is 2.41. The van der Waals surface area contributed by atoms with E-state index in [0.29, 0.717) is 13.1 Å². The van der Waals surface area contributed by atoms with Crippen molar-refractivity contribution in [1.82, 2.24) is 4.90 Å². The first kappa shape index (κ1) is 22.2. The first-order valence-corrected chi connectivity index (χ1v) is 11.6. The second-order valence-corrected chi connectivity index (χ2v) is 10.1. The first-order chi connectivity index (χ1) is 15.3. The van der Waals surface area contributed by atoms with Crippen LogP contribution in [0.4, 0.5) is 5.69 Å². The fourth-order valence-electron chi connectivity index (χ4n) is 4.74. The van der Waals surface area contributed by atoms with Gasteiger partial charge in [-0.2, -0.15) is 5.26 Å². The van der Waals surface area contributed by atoms with Gasteiger partial charge in [0.05, 0.1) is 11.8 Å². The highest BCUT2D eigenvalue weighted by molar-refractivity contribution is 5.78. The van der Waals surface area contributed by atoms with Crippen LogP contribution in [0.2, 0.25) is 0 Å². The maximum atomic E-state index is 12.1. The predicted octanol–water partition coefficient (Wildman–Crippen LogP) is 5.05. The van der Waals surface area contributed by atoms with Crippen molar-refractivity contribution < 1.29 is 9.53 Å². The van der Waals surface area contributed by atoms with Gasteiger partial charge in [0.15, 0.2) is 0 Å². The molecular formula is C27H33N3O2. The highest BCUT2D eigenvalue weighted by Gasteiger charge is 2.40. The van der Waals surface area contributed by atoms with Crippen LogP contribution in [0.15, 0.2) is 48.5 Å². The fraction of sp³-hybridized carbons (Fsp3) is 0.481. The average Bonchev–Trinajstić information content (AvgIpc) is 2.91. The van der Waals surface area contributed by atoms with Crippen molar-refractivity contribution in [3.63, 3.8) is 0 Å². The van der Waals surface area contributed by atoms with Crippen LogP contribution in [0, 0.1) is 11.3 Å². The number of hydrogen-bond acceptors (Lipinski definition) is 4. The van der Waals surface area contributed by atoms with Crippen LogP contribution < -0.4 is 9.64 Å². The molecule has 0 atom stereocenters. The van der Waals surface area contributed by atoms with Crippen LogP contribution in [0.1, 0.15) is 57.6 Å². The monoisotopic (exact) mass is 431 g/mol. The van der Waals surface area contributed by atoms with E-state index in [-0.39, 0.29) is 23.3 Å².